The van der Waals surface area contributed by atoms with Crippen LogP contribution in [0.15, 0.2) is 22.7 Å². The van der Waals surface area contributed by atoms with Crippen LogP contribution in [-0.4, -0.2) is 83.3 Å². The molecule has 0 bridgehead atoms. The van der Waals surface area contributed by atoms with Gasteiger partial charge in [0, 0.05) is 31.2 Å². The number of carbonyl (C=O) groups is 1. The van der Waals surface area contributed by atoms with Crippen LogP contribution in [0.2, 0.25) is 10.0 Å². The molecule has 1 saturated heterocycles. The van der Waals surface area contributed by atoms with Crippen molar-refractivity contribution < 1.29 is 23.9 Å². The molecule has 2 aromatic heterocycles. The van der Waals surface area contributed by atoms with E-state index in [1.807, 2.05) is 6.92 Å². The average Bonchev–Trinajstić information content (AvgIpc) is 3.51. The number of likely N-dealkylation sites (N-methyl/N-ethyl adjacent to an activating group) is 1. The summed E-state index contributed by atoms with van der Waals surface area (Å²) in [5, 5.41) is 21.1. The Bertz CT molecular complexity index is 1300. The van der Waals surface area contributed by atoms with Crippen LogP contribution in [0.5, 0.6) is 5.75 Å². The van der Waals surface area contributed by atoms with Gasteiger partial charge in [-0.3, -0.25) is 0 Å². The quantitative estimate of drug-likeness (QED) is 0.319. The number of benzene rings is 1. The number of hydrogen-bond acceptors (Lipinski definition) is 10. The van der Waals surface area contributed by atoms with E-state index >= 15 is 0 Å². The molecule has 3 heterocycles. The van der Waals surface area contributed by atoms with Gasteiger partial charge in [0.05, 0.1) is 22.9 Å². The van der Waals surface area contributed by atoms with Crippen molar-refractivity contribution in [2.75, 3.05) is 45.2 Å². The molecule has 0 spiro atoms. The number of aliphatic hydroxyl groups excluding tert-OH is 1. The highest BCUT2D eigenvalue weighted by Crippen LogP contribution is 2.39. The summed E-state index contributed by atoms with van der Waals surface area (Å²) < 4.78 is 16.3. The van der Waals surface area contributed by atoms with Crippen molar-refractivity contribution in [3.05, 3.63) is 39.7 Å². The Labute approximate surface area is 236 Å². The SMILES string of the molecule is CCOC(=O)N1CCC(Nc2nc(-c3cc(OCC(O)CNC)ccc3Cl)nc(-c3c(C)noc3C)c2Cl)C1. The second-order valence-corrected chi connectivity index (χ2v) is 9.98. The fraction of sp³-hybridized carbons (Fsp3) is 0.462. The molecule has 2 atom stereocenters. The van der Waals surface area contributed by atoms with Gasteiger partial charge < -0.3 is 34.6 Å². The lowest BCUT2D eigenvalue weighted by Gasteiger charge is -2.19. The fourth-order valence-electron chi connectivity index (χ4n) is 4.35. The maximum Gasteiger partial charge on any atom is 0.409 e. The number of aromatic nitrogens is 3. The van der Waals surface area contributed by atoms with E-state index in [1.165, 1.54) is 0 Å². The molecule has 1 aromatic carbocycles. The number of carbonyl (C=O) groups excluding carboxylic acids is 1. The summed E-state index contributed by atoms with van der Waals surface area (Å²) in [7, 11) is 1.75. The van der Waals surface area contributed by atoms with Crippen molar-refractivity contribution in [1.29, 1.82) is 0 Å². The summed E-state index contributed by atoms with van der Waals surface area (Å²) in [6, 6.07) is 5.01. The Balaban J connectivity index is 1.71. The zero-order valence-electron chi connectivity index (χ0n) is 22.3. The van der Waals surface area contributed by atoms with Gasteiger partial charge in [-0.1, -0.05) is 28.4 Å². The van der Waals surface area contributed by atoms with Gasteiger partial charge in [-0.05, 0) is 52.4 Å². The predicted molar refractivity (Wildman–Crippen MR) is 149 cm³/mol. The molecule has 11 nitrogen and oxygen atoms in total. The van der Waals surface area contributed by atoms with E-state index in [-0.39, 0.29) is 18.7 Å². The van der Waals surface area contributed by atoms with E-state index in [9.17, 15) is 9.90 Å². The number of nitrogens with zero attached hydrogens (tertiary/aromatic N) is 4. The minimum absolute atomic E-state index is 0.0964. The highest BCUT2D eigenvalue weighted by atomic mass is 35.5. The van der Waals surface area contributed by atoms with E-state index in [0.29, 0.717) is 88.4 Å². The second kappa shape index (κ2) is 12.8. The molecule has 210 valence electrons. The Morgan fingerprint density at radius 1 is 1.31 bits per heavy atom. The minimum Gasteiger partial charge on any atom is -0.491 e. The van der Waals surface area contributed by atoms with Crippen molar-refractivity contribution in [3.63, 3.8) is 0 Å². The number of anilines is 1. The number of ether oxygens (including phenoxy) is 2. The smallest absolute Gasteiger partial charge is 0.409 e. The summed E-state index contributed by atoms with van der Waals surface area (Å²) in [5.41, 5.74) is 2.24. The lowest BCUT2D eigenvalue weighted by molar-refractivity contribution is 0.108. The van der Waals surface area contributed by atoms with Crippen molar-refractivity contribution in [3.8, 4) is 28.4 Å². The maximum absolute atomic E-state index is 12.2. The predicted octanol–water partition coefficient (Wildman–Crippen LogP) is 4.32. The summed E-state index contributed by atoms with van der Waals surface area (Å²) in [6.07, 6.45) is -0.340. The highest BCUT2D eigenvalue weighted by Gasteiger charge is 2.29. The molecule has 1 amide bonds. The Morgan fingerprint density at radius 2 is 2.10 bits per heavy atom. The molecule has 1 fully saturated rings. The van der Waals surface area contributed by atoms with E-state index in [4.69, 9.17) is 47.2 Å². The van der Waals surface area contributed by atoms with Crippen LogP contribution in [0.25, 0.3) is 22.6 Å². The Hall–Kier alpha value is -3.12. The number of hydrogen-bond donors (Lipinski definition) is 3. The molecule has 1 aliphatic heterocycles. The summed E-state index contributed by atoms with van der Waals surface area (Å²) in [6.45, 7) is 7.16. The largest absolute Gasteiger partial charge is 0.491 e. The van der Waals surface area contributed by atoms with Crippen LogP contribution < -0.4 is 15.4 Å². The van der Waals surface area contributed by atoms with Gasteiger partial charge in [-0.2, -0.15) is 0 Å². The van der Waals surface area contributed by atoms with Crippen LogP contribution in [0.1, 0.15) is 24.8 Å². The van der Waals surface area contributed by atoms with Crippen molar-refractivity contribution in [2.24, 2.45) is 0 Å². The number of likely N-dealkylation sites (tertiary alicyclic amines) is 1. The van der Waals surface area contributed by atoms with Gasteiger partial charge in [-0.25, -0.2) is 14.8 Å². The normalized spacial score (nSPS) is 15.9. The lowest BCUT2D eigenvalue weighted by Crippen LogP contribution is -2.32. The number of nitrogens with one attached hydrogen (secondary N) is 2. The third-order valence-electron chi connectivity index (χ3n) is 6.24. The Morgan fingerprint density at radius 3 is 2.79 bits per heavy atom. The third kappa shape index (κ3) is 6.73. The van der Waals surface area contributed by atoms with Gasteiger partial charge in [0.1, 0.15) is 40.8 Å². The first-order valence-corrected chi connectivity index (χ1v) is 13.4. The molecule has 3 N–H and O–H groups in total. The van der Waals surface area contributed by atoms with Gasteiger partial charge in [0.15, 0.2) is 5.82 Å². The number of halogens is 2. The van der Waals surface area contributed by atoms with Crippen LogP contribution >= 0.6 is 23.2 Å². The Kier molecular flexibility index (Phi) is 9.49. The van der Waals surface area contributed by atoms with E-state index in [0.717, 1.165) is 0 Å². The zero-order valence-corrected chi connectivity index (χ0v) is 23.8. The first-order valence-electron chi connectivity index (χ1n) is 12.7. The molecular weight excluding hydrogens is 547 g/mol. The van der Waals surface area contributed by atoms with Crippen LogP contribution in [-0.2, 0) is 4.74 Å². The highest BCUT2D eigenvalue weighted by molar-refractivity contribution is 6.35. The standard InChI is InChI=1S/C26H32Cl2N6O5/c1-5-37-26(36)34-9-8-16(12-34)30-25-22(28)23(21-14(2)33-39-15(21)3)31-24(32-25)19-10-18(6-7-20(19)27)38-13-17(35)11-29-4/h6-7,10,16-17,29,35H,5,8-9,11-13H2,1-4H3,(H,30,31,32). The van der Waals surface area contributed by atoms with Gasteiger partial charge in [0.2, 0.25) is 0 Å². The maximum atomic E-state index is 12.2. The molecule has 1 aliphatic rings. The first-order chi connectivity index (χ1) is 18.7. The molecule has 0 aliphatic carbocycles. The topological polar surface area (TPSA) is 135 Å². The van der Waals surface area contributed by atoms with E-state index in [1.54, 1.807) is 44.0 Å². The molecular formula is C26H32Cl2N6O5. The minimum atomic E-state index is -0.677. The number of rotatable bonds is 10. The average molecular weight is 579 g/mol. The van der Waals surface area contributed by atoms with Gasteiger partial charge >= 0.3 is 6.09 Å². The van der Waals surface area contributed by atoms with Gasteiger partial charge in [-0.15, -0.1) is 0 Å². The van der Waals surface area contributed by atoms with Crippen molar-refractivity contribution >= 4 is 35.1 Å². The van der Waals surface area contributed by atoms with Crippen LogP contribution in [0.3, 0.4) is 0 Å². The van der Waals surface area contributed by atoms with E-state index < -0.39 is 6.10 Å². The second-order valence-electron chi connectivity index (χ2n) is 9.20. The molecule has 4 rings (SSSR count). The van der Waals surface area contributed by atoms with Crippen LogP contribution in [0, 0.1) is 13.8 Å². The molecule has 2 unspecified atom stereocenters. The first kappa shape index (κ1) is 28.9. The summed E-state index contributed by atoms with van der Waals surface area (Å²) in [4.78, 5) is 23.3. The fourth-order valence-corrected chi connectivity index (χ4v) is 4.79. The monoisotopic (exact) mass is 578 g/mol. The van der Waals surface area contributed by atoms with Gasteiger partial charge in [0.25, 0.3) is 0 Å². The van der Waals surface area contributed by atoms with E-state index in [2.05, 4.69) is 15.8 Å². The molecule has 39 heavy (non-hydrogen) atoms. The zero-order chi connectivity index (χ0) is 28.1. The van der Waals surface area contributed by atoms with Crippen molar-refractivity contribution in [1.82, 2.24) is 25.3 Å². The molecule has 3 aromatic rings. The van der Waals surface area contributed by atoms with Crippen LogP contribution in [0.4, 0.5) is 10.6 Å². The molecule has 0 radical (unpaired) electrons. The number of aliphatic hydroxyl groups is 1. The van der Waals surface area contributed by atoms with Crippen molar-refractivity contribution in [2.45, 2.75) is 39.3 Å². The number of amides is 1. The molecule has 0 saturated carbocycles. The summed E-state index contributed by atoms with van der Waals surface area (Å²) in [5.74, 6) is 1.75. The lowest BCUT2D eigenvalue weighted by atomic mass is 10.1. The summed E-state index contributed by atoms with van der Waals surface area (Å²) >= 11 is 13.5. The third-order valence-corrected chi connectivity index (χ3v) is 6.92. The number of aryl methyl sites for hydroxylation is 2. The molecule has 13 heteroatoms.